The summed E-state index contributed by atoms with van der Waals surface area (Å²) in [6.45, 7) is 7.68. The summed E-state index contributed by atoms with van der Waals surface area (Å²) in [6.07, 6.45) is 3.46. The molecule has 82 valence electrons. The molecule has 0 aliphatic rings. The van der Waals surface area contributed by atoms with Gasteiger partial charge in [0.15, 0.2) is 0 Å². The third-order valence-corrected chi connectivity index (χ3v) is 2.23. The average molecular weight is 206 g/mol. The van der Waals surface area contributed by atoms with Gasteiger partial charge in [0, 0.05) is 17.8 Å². The molecule has 0 saturated heterocycles. The number of hydrogen-bond donors (Lipinski definition) is 1. The summed E-state index contributed by atoms with van der Waals surface area (Å²) in [6, 6.07) is 3.85. The molecular formula is C12H18N2O. The Hall–Kier alpha value is -1.38. The number of nitrogens with zero attached hydrogens (tertiary/aromatic N) is 1. The largest absolute Gasteiger partial charge is 0.349 e. The van der Waals surface area contributed by atoms with E-state index < -0.39 is 0 Å². The van der Waals surface area contributed by atoms with E-state index in [0.717, 1.165) is 5.56 Å². The van der Waals surface area contributed by atoms with Crippen LogP contribution in [0.2, 0.25) is 0 Å². The second-order valence-corrected chi connectivity index (χ2v) is 4.73. The van der Waals surface area contributed by atoms with Crippen molar-refractivity contribution in [3.63, 3.8) is 0 Å². The molecule has 1 N–H and O–H groups in total. The normalized spacial score (nSPS) is 13.3. The third kappa shape index (κ3) is 3.35. The van der Waals surface area contributed by atoms with E-state index in [1.165, 1.54) is 0 Å². The SMILES string of the molecule is C[C@@H](NC(=O)C(C)(C)C)c1ccncc1. The highest BCUT2D eigenvalue weighted by Gasteiger charge is 2.22. The molecule has 1 amide bonds. The number of carbonyl (C=O) groups excluding carboxylic acids is 1. The van der Waals surface area contributed by atoms with Crippen LogP contribution in [-0.4, -0.2) is 10.9 Å². The monoisotopic (exact) mass is 206 g/mol. The third-order valence-electron chi connectivity index (χ3n) is 2.23. The predicted octanol–water partition coefficient (Wildman–Crippen LogP) is 2.30. The molecule has 0 aromatic carbocycles. The Kier molecular flexibility index (Phi) is 3.45. The smallest absolute Gasteiger partial charge is 0.225 e. The maximum absolute atomic E-state index is 11.7. The highest BCUT2D eigenvalue weighted by molar-refractivity contribution is 5.81. The van der Waals surface area contributed by atoms with Gasteiger partial charge in [-0.15, -0.1) is 0 Å². The van der Waals surface area contributed by atoms with Gasteiger partial charge in [-0.05, 0) is 24.6 Å². The molecule has 1 aromatic heterocycles. The van der Waals surface area contributed by atoms with Crippen molar-refractivity contribution in [2.24, 2.45) is 5.41 Å². The molecule has 1 rings (SSSR count). The van der Waals surface area contributed by atoms with Crippen LogP contribution in [-0.2, 0) is 4.79 Å². The number of hydrogen-bond acceptors (Lipinski definition) is 2. The van der Waals surface area contributed by atoms with E-state index in [-0.39, 0.29) is 17.4 Å². The fraction of sp³-hybridized carbons (Fsp3) is 0.500. The zero-order chi connectivity index (χ0) is 11.5. The fourth-order valence-electron chi connectivity index (χ4n) is 1.15. The summed E-state index contributed by atoms with van der Waals surface area (Å²) >= 11 is 0. The number of amides is 1. The molecule has 0 aliphatic heterocycles. The Morgan fingerprint density at radius 2 is 1.87 bits per heavy atom. The topological polar surface area (TPSA) is 42.0 Å². The molecule has 1 aromatic rings. The summed E-state index contributed by atoms with van der Waals surface area (Å²) < 4.78 is 0. The molecule has 0 saturated carbocycles. The second-order valence-electron chi connectivity index (χ2n) is 4.73. The van der Waals surface area contributed by atoms with E-state index in [1.54, 1.807) is 12.4 Å². The molecule has 3 nitrogen and oxygen atoms in total. The van der Waals surface area contributed by atoms with Crippen LogP contribution in [0, 0.1) is 5.41 Å². The molecule has 0 radical (unpaired) electrons. The number of pyridine rings is 1. The van der Waals surface area contributed by atoms with Gasteiger partial charge < -0.3 is 5.32 Å². The zero-order valence-electron chi connectivity index (χ0n) is 9.74. The van der Waals surface area contributed by atoms with Gasteiger partial charge in [0.05, 0.1) is 6.04 Å². The van der Waals surface area contributed by atoms with E-state index in [2.05, 4.69) is 10.3 Å². The van der Waals surface area contributed by atoms with Crippen molar-refractivity contribution in [3.05, 3.63) is 30.1 Å². The van der Waals surface area contributed by atoms with Crippen LogP contribution in [0.15, 0.2) is 24.5 Å². The van der Waals surface area contributed by atoms with Crippen LogP contribution in [0.5, 0.6) is 0 Å². The molecule has 1 heterocycles. The average Bonchev–Trinajstić information content (AvgIpc) is 2.17. The van der Waals surface area contributed by atoms with Gasteiger partial charge in [-0.25, -0.2) is 0 Å². The van der Waals surface area contributed by atoms with Gasteiger partial charge in [0.25, 0.3) is 0 Å². The number of carbonyl (C=O) groups is 1. The Labute approximate surface area is 90.9 Å². The summed E-state index contributed by atoms with van der Waals surface area (Å²) in [5.41, 5.74) is 0.726. The fourth-order valence-corrected chi connectivity index (χ4v) is 1.15. The minimum atomic E-state index is -0.346. The zero-order valence-corrected chi connectivity index (χ0v) is 9.74. The summed E-state index contributed by atoms with van der Waals surface area (Å²) in [7, 11) is 0. The quantitative estimate of drug-likeness (QED) is 0.806. The van der Waals surface area contributed by atoms with E-state index in [0.29, 0.717) is 0 Å². The van der Waals surface area contributed by atoms with Crippen molar-refractivity contribution in [2.45, 2.75) is 33.7 Å². The van der Waals surface area contributed by atoms with Gasteiger partial charge in [0.2, 0.25) is 5.91 Å². The maximum Gasteiger partial charge on any atom is 0.225 e. The van der Waals surface area contributed by atoms with Gasteiger partial charge in [-0.3, -0.25) is 9.78 Å². The van der Waals surface area contributed by atoms with Crippen molar-refractivity contribution in [1.82, 2.24) is 10.3 Å². The van der Waals surface area contributed by atoms with Crippen molar-refractivity contribution in [3.8, 4) is 0 Å². The molecule has 0 fully saturated rings. The summed E-state index contributed by atoms with van der Waals surface area (Å²) in [4.78, 5) is 15.7. The van der Waals surface area contributed by atoms with E-state index >= 15 is 0 Å². The number of aromatic nitrogens is 1. The minimum Gasteiger partial charge on any atom is -0.349 e. The van der Waals surface area contributed by atoms with Crippen LogP contribution < -0.4 is 5.32 Å². The first-order valence-electron chi connectivity index (χ1n) is 5.12. The second kappa shape index (κ2) is 4.43. The molecule has 0 spiro atoms. The van der Waals surface area contributed by atoms with Crippen LogP contribution in [0.4, 0.5) is 0 Å². The molecule has 0 bridgehead atoms. The van der Waals surface area contributed by atoms with Gasteiger partial charge in [0.1, 0.15) is 0 Å². The van der Waals surface area contributed by atoms with Crippen LogP contribution in [0.3, 0.4) is 0 Å². The van der Waals surface area contributed by atoms with Gasteiger partial charge in [-0.1, -0.05) is 20.8 Å². The maximum atomic E-state index is 11.7. The van der Waals surface area contributed by atoms with E-state index in [1.807, 2.05) is 39.8 Å². The minimum absolute atomic E-state index is 0.0275. The van der Waals surface area contributed by atoms with Gasteiger partial charge in [-0.2, -0.15) is 0 Å². The van der Waals surface area contributed by atoms with Crippen molar-refractivity contribution < 1.29 is 4.79 Å². The number of nitrogens with one attached hydrogen (secondary N) is 1. The first-order valence-corrected chi connectivity index (χ1v) is 5.12. The Bertz CT molecular complexity index is 327. The van der Waals surface area contributed by atoms with Crippen molar-refractivity contribution >= 4 is 5.91 Å². The first-order chi connectivity index (χ1) is 6.91. The Morgan fingerprint density at radius 3 is 2.33 bits per heavy atom. The van der Waals surface area contributed by atoms with E-state index in [9.17, 15) is 4.79 Å². The molecule has 15 heavy (non-hydrogen) atoms. The summed E-state index contributed by atoms with van der Waals surface area (Å²) in [5, 5.41) is 2.97. The molecule has 0 unspecified atom stereocenters. The van der Waals surface area contributed by atoms with Crippen molar-refractivity contribution in [2.75, 3.05) is 0 Å². The lowest BCUT2D eigenvalue weighted by atomic mass is 9.95. The first kappa shape index (κ1) is 11.7. The predicted molar refractivity (Wildman–Crippen MR) is 60.2 cm³/mol. The lowest BCUT2D eigenvalue weighted by molar-refractivity contribution is -0.129. The highest BCUT2D eigenvalue weighted by atomic mass is 16.2. The highest BCUT2D eigenvalue weighted by Crippen LogP contribution is 2.17. The molecule has 0 aliphatic carbocycles. The Morgan fingerprint density at radius 1 is 1.33 bits per heavy atom. The van der Waals surface area contributed by atoms with Crippen LogP contribution in [0.1, 0.15) is 39.3 Å². The van der Waals surface area contributed by atoms with Gasteiger partial charge >= 0.3 is 0 Å². The lowest BCUT2D eigenvalue weighted by Gasteiger charge is -2.21. The van der Waals surface area contributed by atoms with E-state index in [4.69, 9.17) is 0 Å². The van der Waals surface area contributed by atoms with Crippen molar-refractivity contribution in [1.29, 1.82) is 0 Å². The molecule has 1 atom stereocenters. The standard InChI is InChI=1S/C12H18N2O/c1-9(10-5-7-13-8-6-10)14-11(15)12(2,3)4/h5-9H,1-4H3,(H,14,15)/t9-/m1/s1. The van der Waals surface area contributed by atoms with Crippen LogP contribution >= 0.6 is 0 Å². The number of rotatable bonds is 2. The molecule has 3 heteroatoms. The molecular weight excluding hydrogens is 188 g/mol. The summed E-state index contributed by atoms with van der Waals surface area (Å²) in [5.74, 6) is 0.0619. The Balaban J connectivity index is 2.65. The lowest BCUT2D eigenvalue weighted by Crippen LogP contribution is -2.36. The van der Waals surface area contributed by atoms with Crippen LogP contribution in [0.25, 0.3) is 0 Å².